The Morgan fingerprint density at radius 1 is 1.50 bits per heavy atom. The smallest absolute Gasteiger partial charge is 0.163 e. The van der Waals surface area contributed by atoms with E-state index >= 15 is 0 Å². The molecule has 0 saturated heterocycles. The van der Waals surface area contributed by atoms with E-state index in [0.29, 0.717) is 29.9 Å². The lowest BCUT2D eigenvalue weighted by Gasteiger charge is -2.14. The van der Waals surface area contributed by atoms with E-state index in [4.69, 9.17) is 16.3 Å². The van der Waals surface area contributed by atoms with Gasteiger partial charge in [0.15, 0.2) is 5.78 Å². The Bertz CT molecular complexity index is 416. The van der Waals surface area contributed by atoms with E-state index in [-0.39, 0.29) is 10.8 Å². The lowest BCUT2D eigenvalue weighted by molar-refractivity contribution is 0.101. The first-order valence-electron chi connectivity index (χ1n) is 5.17. The first-order chi connectivity index (χ1) is 7.52. The number of Topliss-reactive ketones (excluding diaryl/α,β-unsaturated/α-hetero) is 1. The first-order valence-corrected chi connectivity index (χ1v) is 5.55. The van der Waals surface area contributed by atoms with Gasteiger partial charge in [-0.15, -0.1) is 0 Å². The zero-order valence-corrected chi connectivity index (χ0v) is 10.3. The maximum atomic E-state index is 13.7. The lowest BCUT2D eigenvalue weighted by Crippen LogP contribution is -2.06. The summed E-state index contributed by atoms with van der Waals surface area (Å²) in [4.78, 5) is 11.4. The van der Waals surface area contributed by atoms with Crippen molar-refractivity contribution in [2.45, 2.75) is 27.2 Å². The van der Waals surface area contributed by atoms with Crippen molar-refractivity contribution in [3.63, 3.8) is 0 Å². The Balaban J connectivity index is 3.49. The molecule has 0 aromatic heterocycles. The van der Waals surface area contributed by atoms with Crippen LogP contribution in [-0.4, -0.2) is 12.4 Å². The molecule has 1 aromatic rings. The fourth-order valence-corrected chi connectivity index (χ4v) is 1.77. The van der Waals surface area contributed by atoms with Gasteiger partial charge < -0.3 is 4.74 Å². The van der Waals surface area contributed by atoms with Gasteiger partial charge >= 0.3 is 0 Å². The minimum Gasteiger partial charge on any atom is -0.493 e. The Kier molecular flexibility index (Phi) is 4.30. The number of hydrogen-bond acceptors (Lipinski definition) is 2. The summed E-state index contributed by atoms with van der Waals surface area (Å²) in [7, 11) is 0. The molecular formula is C12H14ClFO2. The number of carbonyl (C=O) groups excluding carboxylic acids is 1. The molecule has 0 aliphatic rings. The van der Waals surface area contributed by atoms with Crippen molar-refractivity contribution in [2.75, 3.05) is 6.61 Å². The predicted molar refractivity (Wildman–Crippen MR) is 62.0 cm³/mol. The molecule has 0 radical (unpaired) electrons. The summed E-state index contributed by atoms with van der Waals surface area (Å²) in [5.41, 5.74) is 0.699. The van der Waals surface area contributed by atoms with Crippen LogP contribution in [0.15, 0.2) is 6.07 Å². The van der Waals surface area contributed by atoms with Crippen LogP contribution in [0.4, 0.5) is 4.39 Å². The second kappa shape index (κ2) is 5.30. The van der Waals surface area contributed by atoms with Crippen LogP contribution in [0.3, 0.4) is 0 Å². The number of benzene rings is 1. The zero-order chi connectivity index (χ0) is 12.3. The molecule has 0 bridgehead atoms. The number of carbonyl (C=O) groups is 1. The quantitative estimate of drug-likeness (QED) is 0.756. The van der Waals surface area contributed by atoms with Crippen LogP contribution >= 0.6 is 11.6 Å². The molecule has 16 heavy (non-hydrogen) atoms. The summed E-state index contributed by atoms with van der Waals surface area (Å²) in [5, 5.41) is -0.0366. The van der Waals surface area contributed by atoms with Crippen molar-refractivity contribution >= 4 is 17.4 Å². The summed E-state index contributed by atoms with van der Waals surface area (Å²) in [6, 6.07) is 1.32. The van der Waals surface area contributed by atoms with E-state index in [2.05, 4.69) is 0 Å². The van der Waals surface area contributed by atoms with Gasteiger partial charge in [0.05, 0.1) is 17.2 Å². The van der Waals surface area contributed by atoms with E-state index in [1.807, 2.05) is 0 Å². The molecule has 0 spiro atoms. The highest BCUT2D eigenvalue weighted by molar-refractivity contribution is 6.31. The average molecular weight is 245 g/mol. The average Bonchev–Trinajstić information content (AvgIpc) is 2.23. The first kappa shape index (κ1) is 13.0. The second-order valence-electron chi connectivity index (χ2n) is 3.37. The monoisotopic (exact) mass is 244 g/mol. The summed E-state index contributed by atoms with van der Waals surface area (Å²) in [6.07, 6.45) is 0.433. The highest BCUT2D eigenvalue weighted by Gasteiger charge is 2.19. The fraction of sp³-hybridized carbons (Fsp3) is 0.417. The van der Waals surface area contributed by atoms with Crippen LogP contribution in [0.5, 0.6) is 5.75 Å². The highest BCUT2D eigenvalue weighted by atomic mass is 35.5. The zero-order valence-electron chi connectivity index (χ0n) is 9.56. The topological polar surface area (TPSA) is 26.3 Å². The van der Waals surface area contributed by atoms with Gasteiger partial charge in [0.2, 0.25) is 0 Å². The normalized spacial score (nSPS) is 10.3. The van der Waals surface area contributed by atoms with Crippen LogP contribution < -0.4 is 4.74 Å². The number of hydrogen-bond donors (Lipinski definition) is 0. The largest absolute Gasteiger partial charge is 0.493 e. The standard InChI is InChI=1S/C12H14ClFO2/c1-4-8-11(14)10(13)6-9(7(3)15)12(8)16-5-2/h6H,4-5H2,1-3H3. The summed E-state index contributed by atoms with van der Waals surface area (Å²) < 4.78 is 19.0. The maximum Gasteiger partial charge on any atom is 0.163 e. The Labute approximate surface area is 99.4 Å². The number of ether oxygens (including phenoxy) is 1. The summed E-state index contributed by atoms with van der Waals surface area (Å²) >= 11 is 5.73. The molecule has 1 rings (SSSR count). The lowest BCUT2D eigenvalue weighted by atomic mass is 10.0. The van der Waals surface area contributed by atoms with Crippen molar-refractivity contribution in [3.05, 3.63) is 28.0 Å². The molecule has 0 aliphatic carbocycles. The third-order valence-electron chi connectivity index (χ3n) is 2.29. The minimum absolute atomic E-state index is 0.0366. The molecule has 0 aliphatic heterocycles. The van der Waals surface area contributed by atoms with Gasteiger partial charge in [-0.25, -0.2) is 4.39 Å². The maximum absolute atomic E-state index is 13.7. The summed E-state index contributed by atoms with van der Waals surface area (Å²) in [6.45, 7) is 5.37. The van der Waals surface area contributed by atoms with Crippen molar-refractivity contribution in [1.29, 1.82) is 0 Å². The number of rotatable bonds is 4. The molecule has 0 atom stereocenters. The third-order valence-corrected chi connectivity index (χ3v) is 2.56. The van der Waals surface area contributed by atoms with Crippen molar-refractivity contribution < 1.29 is 13.9 Å². The molecule has 0 fully saturated rings. The van der Waals surface area contributed by atoms with Crippen molar-refractivity contribution in [2.24, 2.45) is 0 Å². The van der Waals surface area contributed by atoms with Crippen LogP contribution in [0.25, 0.3) is 0 Å². The van der Waals surface area contributed by atoms with Crippen LogP contribution in [0.2, 0.25) is 5.02 Å². The van der Waals surface area contributed by atoms with E-state index < -0.39 is 5.82 Å². The Morgan fingerprint density at radius 3 is 2.56 bits per heavy atom. The van der Waals surface area contributed by atoms with E-state index in [9.17, 15) is 9.18 Å². The van der Waals surface area contributed by atoms with Crippen LogP contribution in [0, 0.1) is 5.82 Å². The predicted octanol–water partition coefficient (Wildman–Crippen LogP) is 3.64. The Morgan fingerprint density at radius 2 is 2.12 bits per heavy atom. The number of ketones is 1. The molecule has 0 unspecified atom stereocenters. The van der Waals surface area contributed by atoms with Gasteiger partial charge in [-0.2, -0.15) is 0 Å². The van der Waals surface area contributed by atoms with Gasteiger partial charge in [0.1, 0.15) is 11.6 Å². The third kappa shape index (κ3) is 2.35. The molecule has 88 valence electrons. The van der Waals surface area contributed by atoms with E-state index in [1.165, 1.54) is 13.0 Å². The van der Waals surface area contributed by atoms with Crippen LogP contribution in [-0.2, 0) is 6.42 Å². The second-order valence-corrected chi connectivity index (χ2v) is 3.78. The molecule has 4 heteroatoms. The summed E-state index contributed by atoms with van der Waals surface area (Å²) in [5.74, 6) is -0.364. The minimum atomic E-state index is -0.502. The molecule has 0 heterocycles. The van der Waals surface area contributed by atoms with Crippen LogP contribution in [0.1, 0.15) is 36.7 Å². The van der Waals surface area contributed by atoms with Crippen molar-refractivity contribution in [3.8, 4) is 5.75 Å². The SMILES string of the molecule is CCOc1c(C(C)=O)cc(Cl)c(F)c1CC. The molecule has 0 saturated carbocycles. The Hall–Kier alpha value is -1.09. The van der Waals surface area contributed by atoms with Gasteiger partial charge in [-0.05, 0) is 26.3 Å². The van der Waals surface area contributed by atoms with Gasteiger partial charge in [-0.3, -0.25) is 4.79 Å². The highest BCUT2D eigenvalue weighted by Crippen LogP contribution is 2.32. The van der Waals surface area contributed by atoms with Gasteiger partial charge in [0, 0.05) is 5.56 Å². The molecule has 2 nitrogen and oxygen atoms in total. The van der Waals surface area contributed by atoms with E-state index in [0.717, 1.165) is 0 Å². The van der Waals surface area contributed by atoms with Gasteiger partial charge in [-0.1, -0.05) is 18.5 Å². The molecular weight excluding hydrogens is 231 g/mol. The molecule has 0 amide bonds. The molecule has 1 aromatic carbocycles. The molecule has 0 N–H and O–H groups in total. The fourth-order valence-electron chi connectivity index (χ4n) is 1.55. The number of halogens is 2. The van der Waals surface area contributed by atoms with E-state index in [1.54, 1.807) is 13.8 Å². The van der Waals surface area contributed by atoms with Gasteiger partial charge in [0.25, 0.3) is 0 Å². The van der Waals surface area contributed by atoms with Crippen molar-refractivity contribution in [1.82, 2.24) is 0 Å².